The van der Waals surface area contributed by atoms with Crippen LogP contribution in [0.2, 0.25) is 0 Å². The van der Waals surface area contributed by atoms with Crippen LogP contribution in [0.1, 0.15) is 47.8 Å². The van der Waals surface area contributed by atoms with Gasteiger partial charge in [-0.25, -0.2) is 9.97 Å². The van der Waals surface area contributed by atoms with Gasteiger partial charge in [-0.2, -0.15) is 0 Å². The molecule has 5 aromatic rings. The van der Waals surface area contributed by atoms with Crippen molar-refractivity contribution in [3.63, 3.8) is 0 Å². The van der Waals surface area contributed by atoms with Crippen LogP contribution in [-0.4, -0.2) is 29.9 Å². The highest BCUT2D eigenvalue weighted by molar-refractivity contribution is 7.18. The van der Waals surface area contributed by atoms with Crippen LogP contribution in [0.5, 0.6) is 0 Å². The van der Waals surface area contributed by atoms with E-state index >= 15 is 0 Å². The molecule has 6 nitrogen and oxygen atoms in total. The molecular weight excluding hydrogens is 490 g/mol. The molecule has 38 heavy (non-hydrogen) atoms. The topological polar surface area (TPSA) is 75.0 Å². The average molecular weight is 520 g/mol. The van der Waals surface area contributed by atoms with Crippen LogP contribution in [0.15, 0.2) is 85.2 Å². The van der Waals surface area contributed by atoms with Gasteiger partial charge in [0.15, 0.2) is 0 Å². The molecule has 0 aliphatic heterocycles. The smallest absolute Gasteiger partial charge is 0.142 e. The number of thiazole rings is 1. The fourth-order valence-electron chi connectivity index (χ4n) is 5.09. The Bertz CT molecular complexity index is 1520. The molecule has 0 bridgehead atoms. The number of benzene rings is 1. The highest BCUT2D eigenvalue weighted by Gasteiger charge is 2.39. The Kier molecular flexibility index (Phi) is 6.57. The molecule has 1 aliphatic rings. The van der Waals surface area contributed by atoms with Crippen molar-refractivity contribution in [2.45, 2.75) is 45.5 Å². The number of aliphatic hydroxyl groups is 1. The Labute approximate surface area is 226 Å². The summed E-state index contributed by atoms with van der Waals surface area (Å²) in [6.07, 6.45) is 3.66. The maximum atomic E-state index is 9.62. The molecule has 0 atom stereocenters. The van der Waals surface area contributed by atoms with E-state index in [4.69, 9.17) is 9.97 Å². The van der Waals surface area contributed by atoms with E-state index in [9.17, 15) is 5.11 Å². The van der Waals surface area contributed by atoms with Gasteiger partial charge in [0.2, 0.25) is 0 Å². The molecule has 1 aromatic carbocycles. The van der Waals surface area contributed by atoms with E-state index in [1.807, 2.05) is 48.8 Å². The summed E-state index contributed by atoms with van der Waals surface area (Å²) in [6, 6.07) is 24.4. The predicted octanol–water partition coefficient (Wildman–Crippen LogP) is 6.00. The molecule has 4 aromatic heterocycles. The van der Waals surface area contributed by atoms with Crippen molar-refractivity contribution in [1.29, 1.82) is 0 Å². The summed E-state index contributed by atoms with van der Waals surface area (Å²) < 4.78 is 0. The molecule has 0 saturated carbocycles. The number of fused-ring (bicyclic) bond motifs is 3. The number of hydrogen-bond donors (Lipinski definition) is 1. The summed E-state index contributed by atoms with van der Waals surface area (Å²) in [6.45, 7) is 6.54. The first kappa shape index (κ1) is 24.6. The van der Waals surface area contributed by atoms with E-state index in [0.29, 0.717) is 19.6 Å². The maximum absolute atomic E-state index is 9.62. The summed E-state index contributed by atoms with van der Waals surface area (Å²) in [5.74, 6) is 0. The molecule has 0 spiro atoms. The molecule has 190 valence electrons. The summed E-state index contributed by atoms with van der Waals surface area (Å²) in [4.78, 5) is 22.7. The fraction of sp³-hybridized carbons (Fsp3) is 0.226. The number of hydrogen-bond acceptors (Lipinski definition) is 7. The normalized spacial score (nSPS) is 13.5. The van der Waals surface area contributed by atoms with Crippen molar-refractivity contribution < 1.29 is 5.11 Å². The Balaban J connectivity index is 1.29. The van der Waals surface area contributed by atoms with E-state index in [0.717, 1.165) is 39.0 Å². The number of aromatic nitrogens is 4. The number of nitrogens with zero attached hydrogens (tertiary/aromatic N) is 5. The quantitative estimate of drug-likeness (QED) is 0.271. The zero-order valence-electron chi connectivity index (χ0n) is 21.5. The van der Waals surface area contributed by atoms with Gasteiger partial charge in [0.25, 0.3) is 0 Å². The lowest BCUT2D eigenvalue weighted by molar-refractivity contribution is 0.239. The first-order valence-corrected chi connectivity index (χ1v) is 13.6. The second kappa shape index (κ2) is 10.2. The van der Waals surface area contributed by atoms with Crippen LogP contribution < -0.4 is 0 Å². The Morgan fingerprint density at radius 1 is 0.789 bits per heavy atom. The minimum Gasteiger partial charge on any atom is -0.392 e. The molecule has 1 aliphatic carbocycles. The van der Waals surface area contributed by atoms with Crippen LogP contribution >= 0.6 is 11.3 Å². The predicted molar refractivity (Wildman–Crippen MR) is 150 cm³/mol. The van der Waals surface area contributed by atoms with Gasteiger partial charge in [-0.1, -0.05) is 50.2 Å². The van der Waals surface area contributed by atoms with Crippen LogP contribution in [-0.2, 0) is 31.7 Å². The Morgan fingerprint density at radius 3 is 2.13 bits per heavy atom. The minimum atomic E-state index is -0.218. The summed E-state index contributed by atoms with van der Waals surface area (Å²) in [7, 11) is 0. The number of rotatable bonds is 8. The van der Waals surface area contributed by atoms with Crippen molar-refractivity contribution in [3.05, 3.63) is 119 Å². The highest BCUT2D eigenvalue weighted by atomic mass is 32.1. The monoisotopic (exact) mass is 519 g/mol. The van der Waals surface area contributed by atoms with E-state index in [2.05, 4.69) is 65.1 Å². The lowest BCUT2D eigenvalue weighted by atomic mass is 9.85. The third-order valence-corrected chi connectivity index (χ3v) is 8.15. The van der Waals surface area contributed by atoms with Gasteiger partial charge in [0.05, 0.1) is 40.0 Å². The summed E-state index contributed by atoms with van der Waals surface area (Å²) >= 11 is 1.70. The van der Waals surface area contributed by atoms with Crippen LogP contribution in [0.25, 0.3) is 21.1 Å². The number of pyridine rings is 3. The van der Waals surface area contributed by atoms with E-state index in [1.165, 1.54) is 16.0 Å². The largest absolute Gasteiger partial charge is 0.392 e. The van der Waals surface area contributed by atoms with Gasteiger partial charge in [0.1, 0.15) is 5.01 Å². The second-order valence-corrected chi connectivity index (χ2v) is 11.2. The lowest BCUT2D eigenvalue weighted by Crippen LogP contribution is -2.24. The van der Waals surface area contributed by atoms with Gasteiger partial charge in [-0.15, -0.1) is 11.3 Å². The van der Waals surface area contributed by atoms with Crippen LogP contribution in [0.3, 0.4) is 0 Å². The Hall–Kier alpha value is -3.78. The second-order valence-electron chi connectivity index (χ2n) is 10.2. The van der Waals surface area contributed by atoms with Crippen molar-refractivity contribution in [2.75, 3.05) is 0 Å². The van der Waals surface area contributed by atoms with Gasteiger partial charge in [-0.3, -0.25) is 14.9 Å². The first-order valence-electron chi connectivity index (χ1n) is 12.8. The minimum absolute atomic E-state index is 0.0457. The van der Waals surface area contributed by atoms with Crippen LogP contribution in [0, 0.1) is 0 Å². The van der Waals surface area contributed by atoms with Gasteiger partial charge in [-0.05, 0) is 53.1 Å². The molecule has 7 heteroatoms. The molecule has 4 heterocycles. The van der Waals surface area contributed by atoms with Gasteiger partial charge >= 0.3 is 0 Å². The molecule has 0 fully saturated rings. The molecule has 0 radical (unpaired) electrons. The molecule has 1 N–H and O–H groups in total. The first-order chi connectivity index (χ1) is 18.5. The molecular formula is C31H29N5OS. The zero-order chi connectivity index (χ0) is 26.1. The maximum Gasteiger partial charge on any atom is 0.142 e. The van der Waals surface area contributed by atoms with Crippen molar-refractivity contribution in [1.82, 2.24) is 24.8 Å². The third kappa shape index (κ3) is 4.76. The fourth-order valence-corrected chi connectivity index (χ4v) is 6.33. The van der Waals surface area contributed by atoms with Crippen molar-refractivity contribution >= 4 is 11.3 Å². The Morgan fingerprint density at radius 2 is 1.47 bits per heavy atom. The lowest BCUT2D eigenvalue weighted by Gasteiger charge is -2.21. The third-order valence-electron chi connectivity index (χ3n) is 7.04. The van der Waals surface area contributed by atoms with Crippen molar-refractivity contribution in [3.8, 4) is 21.1 Å². The van der Waals surface area contributed by atoms with Gasteiger partial charge in [0, 0.05) is 37.4 Å². The highest BCUT2D eigenvalue weighted by Crippen LogP contribution is 2.52. The van der Waals surface area contributed by atoms with Crippen LogP contribution in [0.4, 0.5) is 0 Å². The standard InChI is InChI=1S/C31H29N5OS/c1-31(2)26-16-21(20-37)12-13-25(26)28-29(31)35-30(38-28)27-11-7-10-24(34-27)19-36(17-22-8-3-5-14-32-22)18-23-9-4-6-15-33-23/h3-16,37H,17-20H2,1-2H3. The molecule has 0 saturated heterocycles. The van der Waals surface area contributed by atoms with E-state index < -0.39 is 0 Å². The molecule has 0 amide bonds. The van der Waals surface area contributed by atoms with E-state index in [-0.39, 0.29) is 12.0 Å². The molecule has 6 rings (SSSR count). The number of aliphatic hydroxyl groups excluding tert-OH is 1. The zero-order valence-corrected chi connectivity index (χ0v) is 22.3. The van der Waals surface area contributed by atoms with Crippen molar-refractivity contribution in [2.24, 2.45) is 0 Å². The summed E-state index contributed by atoms with van der Waals surface area (Å²) in [5.41, 5.74) is 8.14. The summed E-state index contributed by atoms with van der Waals surface area (Å²) in [5, 5.41) is 10.6. The average Bonchev–Trinajstić information content (AvgIpc) is 3.48. The SMILES string of the molecule is CC1(C)c2cc(CO)ccc2-c2sc(-c3cccc(CN(Cc4ccccn4)Cc4ccccn4)n3)nc21. The molecule has 0 unspecified atom stereocenters. The van der Waals surface area contributed by atoms with Gasteiger partial charge < -0.3 is 5.11 Å². The van der Waals surface area contributed by atoms with E-state index in [1.54, 1.807) is 11.3 Å².